The molecule has 2 N–H and O–H groups in total. The maximum Gasteiger partial charge on any atom is 0.408 e. The summed E-state index contributed by atoms with van der Waals surface area (Å²) in [5.41, 5.74) is 1.07. The zero-order chi connectivity index (χ0) is 20.7. The van der Waals surface area contributed by atoms with Gasteiger partial charge in [0, 0.05) is 5.69 Å². The number of ether oxygens (including phenoxy) is 1. The van der Waals surface area contributed by atoms with Gasteiger partial charge in [-0.25, -0.2) is 14.5 Å². The lowest BCUT2D eigenvalue weighted by Crippen LogP contribution is -2.46. The second-order valence-electron chi connectivity index (χ2n) is 8.11. The molecule has 0 saturated heterocycles. The van der Waals surface area contributed by atoms with Crippen molar-refractivity contribution < 1.29 is 14.3 Å². The largest absolute Gasteiger partial charge is 0.444 e. The molecule has 2 rings (SSSR count). The highest BCUT2D eigenvalue weighted by atomic mass is 16.6. The van der Waals surface area contributed by atoms with Crippen LogP contribution in [0.15, 0.2) is 36.9 Å². The average molecular weight is 387 g/mol. The van der Waals surface area contributed by atoms with Crippen LogP contribution in [0.1, 0.15) is 46.6 Å². The summed E-state index contributed by atoms with van der Waals surface area (Å²) in [5.74, 6) is -0.0423. The molecule has 0 aliphatic heterocycles. The highest BCUT2D eigenvalue weighted by molar-refractivity contribution is 5.96. The van der Waals surface area contributed by atoms with E-state index >= 15 is 0 Å². The molecule has 8 nitrogen and oxygen atoms in total. The molecule has 0 fully saturated rings. The van der Waals surface area contributed by atoms with Crippen molar-refractivity contribution in [2.45, 2.75) is 59.2 Å². The number of anilines is 1. The highest BCUT2D eigenvalue weighted by Gasteiger charge is 2.25. The maximum absolute atomic E-state index is 12.7. The molecule has 0 radical (unpaired) electrons. The standard InChI is InChI=1S/C20H29N5O3/c1-14(2)10-17(24-19(27)28-20(3,4)5)18(26)23-16-8-6-15(7-9-16)11-25-13-21-12-22-25/h6-9,12-14,17H,10-11H2,1-5H3,(H,23,26)(H,24,27). The molecule has 1 heterocycles. The molecule has 8 heteroatoms. The van der Waals surface area contributed by atoms with Crippen molar-refractivity contribution in [2.75, 3.05) is 5.32 Å². The molecule has 0 spiro atoms. The van der Waals surface area contributed by atoms with E-state index in [4.69, 9.17) is 4.74 Å². The van der Waals surface area contributed by atoms with Gasteiger partial charge in [-0.2, -0.15) is 5.10 Å². The van der Waals surface area contributed by atoms with Gasteiger partial charge in [0.15, 0.2) is 0 Å². The number of rotatable bonds is 7. The molecule has 1 atom stereocenters. The minimum Gasteiger partial charge on any atom is -0.444 e. The number of hydrogen-bond donors (Lipinski definition) is 2. The van der Waals surface area contributed by atoms with Crippen LogP contribution >= 0.6 is 0 Å². The predicted octanol–water partition coefficient (Wildman–Crippen LogP) is 3.20. The van der Waals surface area contributed by atoms with E-state index < -0.39 is 17.7 Å². The zero-order valence-corrected chi connectivity index (χ0v) is 17.1. The smallest absolute Gasteiger partial charge is 0.408 e. The quantitative estimate of drug-likeness (QED) is 0.760. The molecule has 2 aromatic rings. The summed E-state index contributed by atoms with van der Waals surface area (Å²) in [4.78, 5) is 28.7. The molecule has 28 heavy (non-hydrogen) atoms. The minimum absolute atomic E-state index is 0.232. The Hall–Kier alpha value is -2.90. The first-order valence-corrected chi connectivity index (χ1v) is 9.34. The fourth-order valence-electron chi connectivity index (χ4n) is 2.58. The number of carbonyl (C=O) groups excluding carboxylic acids is 2. The van der Waals surface area contributed by atoms with E-state index in [9.17, 15) is 9.59 Å². The molecule has 0 aliphatic rings. The van der Waals surface area contributed by atoms with Crippen molar-refractivity contribution in [1.29, 1.82) is 0 Å². The van der Waals surface area contributed by atoms with E-state index in [1.807, 2.05) is 38.1 Å². The monoisotopic (exact) mass is 387 g/mol. The van der Waals surface area contributed by atoms with Crippen LogP contribution in [0.3, 0.4) is 0 Å². The van der Waals surface area contributed by atoms with Crippen molar-refractivity contribution in [3.05, 3.63) is 42.5 Å². The number of carbonyl (C=O) groups is 2. The van der Waals surface area contributed by atoms with Crippen LogP contribution < -0.4 is 10.6 Å². The fourth-order valence-corrected chi connectivity index (χ4v) is 2.58. The number of nitrogens with one attached hydrogen (secondary N) is 2. The van der Waals surface area contributed by atoms with Crippen LogP contribution in [0, 0.1) is 5.92 Å². The Bertz CT molecular complexity index is 764. The van der Waals surface area contributed by atoms with E-state index in [0.717, 1.165) is 5.56 Å². The van der Waals surface area contributed by atoms with Gasteiger partial charge >= 0.3 is 6.09 Å². The van der Waals surface area contributed by atoms with Gasteiger partial charge in [-0.05, 0) is 50.8 Å². The summed E-state index contributed by atoms with van der Waals surface area (Å²) in [5, 5.41) is 9.60. The molecular weight excluding hydrogens is 358 g/mol. The van der Waals surface area contributed by atoms with Crippen molar-refractivity contribution in [3.63, 3.8) is 0 Å². The topological polar surface area (TPSA) is 98.1 Å². The van der Waals surface area contributed by atoms with Crippen LogP contribution in [0.5, 0.6) is 0 Å². The molecule has 0 bridgehead atoms. The summed E-state index contributed by atoms with van der Waals surface area (Å²) >= 11 is 0. The van der Waals surface area contributed by atoms with Crippen LogP contribution in [-0.4, -0.2) is 38.4 Å². The number of nitrogens with zero attached hydrogens (tertiary/aromatic N) is 3. The third-order valence-corrected chi connectivity index (χ3v) is 3.75. The fraction of sp³-hybridized carbons (Fsp3) is 0.500. The van der Waals surface area contributed by atoms with Crippen molar-refractivity contribution >= 4 is 17.7 Å². The Balaban J connectivity index is 1.98. The molecule has 1 aromatic heterocycles. The van der Waals surface area contributed by atoms with Gasteiger partial charge in [0.2, 0.25) is 5.91 Å². The Kier molecular flexibility index (Phi) is 7.14. The van der Waals surface area contributed by atoms with E-state index in [1.165, 1.54) is 6.33 Å². The van der Waals surface area contributed by atoms with E-state index in [-0.39, 0.29) is 11.8 Å². The maximum atomic E-state index is 12.7. The van der Waals surface area contributed by atoms with Gasteiger partial charge < -0.3 is 15.4 Å². The first-order chi connectivity index (χ1) is 13.1. The third-order valence-electron chi connectivity index (χ3n) is 3.75. The Morgan fingerprint density at radius 2 is 1.86 bits per heavy atom. The lowest BCUT2D eigenvalue weighted by molar-refractivity contribution is -0.118. The minimum atomic E-state index is -0.676. The predicted molar refractivity (Wildman–Crippen MR) is 107 cm³/mol. The molecule has 1 unspecified atom stereocenters. The summed E-state index contributed by atoms with van der Waals surface area (Å²) in [6.45, 7) is 9.94. The molecule has 0 saturated carbocycles. The van der Waals surface area contributed by atoms with Gasteiger partial charge in [0.05, 0.1) is 6.54 Å². The van der Waals surface area contributed by atoms with Gasteiger partial charge in [-0.15, -0.1) is 0 Å². The van der Waals surface area contributed by atoms with Crippen LogP contribution in [0.25, 0.3) is 0 Å². The molecule has 2 amide bonds. The summed E-state index contributed by atoms with van der Waals surface area (Å²) in [7, 11) is 0. The number of aromatic nitrogens is 3. The third kappa shape index (κ3) is 7.38. The second kappa shape index (κ2) is 9.34. The number of hydrogen-bond acceptors (Lipinski definition) is 5. The average Bonchev–Trinajstić information content (AvgIpc) is 3.07. The Morgan fingerprint density at radius 3 is 2.39 bits per heavy atom. The summed E-state index contributed by atoms with van der Waals surface area (Å²) < 4.78 is 6.99. The molecular formula is C20H29N5O3. The molecule has 1 aromatic carbocycles. The normalized spacial score (nSPS) is 12.5. The van der Waals surface area contributed by atoms with Gasteiger partial charge in [0.25, 0.3) is 0 Å². The molecule has 152 valence electrons. The summed E-state index contributed by atoms with van der Waals surface area (Å²) in [6, 6.07) is 6.80. The van der Waals surface area contributed by atoms with Crippen LogP contribution in [-0.2, 0) is 16.1 Å². The van der Waals surface area contributed by atoms with Crippen molar-refractivity contribution in [3.8, 4) is 0 Å². The molecule has 0 aliphatic carbocycles. The SMILES string of the molecule is CC(C)CC(NC(=O)OC(C)(C)C)C(=O)Nc1ccc(Cn2cncn2)cc1. The lowest BCUT2D eigenvalue weighted by Gasteiger charge is -2.24. The number of amides is 2. The Labute approximate surface area is 165 Å². The number of alkyl carbamates (subject to hydrolysis) is 1. The van der Waals surface area contributed by atoms with E-state index in [2.05, 4.69) is 20.7 Å². The van der Waals surface area contributed by atoms with Gasteiger partial charge in [-0.1, -0.05) is 26.0 Å². The van der Waals surface area contributed by atoms with Crippen molar-refractivity contribution in [2.24, 2.45) is 5.92 Å². The van der Waals surface area contributed by atoms with Crippen LogP contribution in [0.2, 0.25) is 0 Å². The second-order valence-corrected chi connectivity index (χ2v) is 8.11. The number of benzene rings is 1. The van der Waals surface area contributed by atoms with Crippen molar-refractivity contribution in [1.82, 2.24) is 20.1 Å². The first kappa shape index (κ1) is 21.4. The Morgan fingerprint density at radius 1 is 1.18 bits per heavy atom. The van der Waals surface area contributed by atoms with Gasteiger partial charge in [-0.3, -0.25) is 4.79 Å². The lowest BCUT2D eigenvalue weighted by atomic mass is 10.0. The van der Waals surface area contributed by atoms with Gasteiger partial charge in [0.1, 0.15) is 24.3 Å². The zero-order valence-electron chi connectivity index (χ0n) is 17.1. The van der Waals surface area contributed by atoms with Crippen LogP contribution in [0.4, 0.5) is 10.5 Å². The highest BCUT2D eigenvalue weighted by Crippen LogP contribution is 2.14. The summed E-state index contributed by atoms with van der Waals surface area (Å²) in [6.07, 6.45) is 3.04. The van der Waals surface area contributed by atoms with E-state index in [1.54, 1.807) is 31.8 Å². The van der Waals surface area contributed by atoms with E-state index in [0.29, 0.717) is 18.7 Å². The first-order valence-electron chi connectivity index (χ1n) is 9.34.